The molecule has 0 aliphatic carbocycles. The van der Waals surface area contributed by atoms with Gasteiger partial charge in [-0.25, -0.2) is 4.98 Å². The van der Waals surface area contributed by atoms with Crippen LogP contribution >= 0.6 is 24.8 Å². The van der Waals surface area contributed by atoms with Gasteiger partial charge in [0.05, 0.1) is 21.6 Å². The Morgan fingerprint density at radius 2 is 1.76 bits per heavy atom. The molecule has 1 aromatic heterocycles. The van der Waals surface area contributed by atoms with Crippen molar-refractivity contribution in [3.63, 3.8) is 0 Å². The van der Waals surface area contributed by atoms with Crippen molar-refractivity contribution in [3.8, 4) is 0 Å². The van der Waals surface area contributed by atoms with Gasteiger partial charge in [-0.1, -0.05) is 24.3 Å². The van der Waals surface area contributed by atoms with Crippen LogP contribution in [0.25, 0.3) is 21.8 Å². The van der Waals surface area contributed by atoms with Crippen LogP contribution in [0.4, 0.5) is 11.4 Å². The van der Waals surface area contributed by atoms with Crippen LogP contribution in [0, 0.1) is 10.1 Å². The maximum Gasteiger partial charge on any atom is 0.280 e. The lowest BCUT2D eigenvalue weighted by Gasteiger charge is -2.15. The molecule has 0 bridgehead atoms. The molecule has 0 atom stereocenters. The van der Waals surface area contributed by atoms with Crippen molar-refractivity contribution in [2.45, 2.75) is 0 Å². The fraction of sp³-hybridized carbons (Fsp3) is 0.235. The molecule has 25 heavy (non-hydrogen) atoms. The number of fused-ring (bicyclic) bond motifs is 2. The lowest BCUT2D eigenvalue weighted by atomic mass is 10.1. The van der Waals surface area contributed by atoms with E-state index in [-0.39, 0.29) is 35.4 Å². The summed E-state index contributed by atoms with van der Waals surface area (Å²) in [4.78, 5) is 17.7. The molecule has 1 heterocycles. The maximum atomic E-state index is 11.4. The van der Waals surface area contributed by atoms with E-state index in [2.05, 4.69) is 15.2 Å². The van der Waals surface area contributed by atoms with Crippen molar-refractivity contribution in [1.29, 1.82) is 0 Å². The van der Waals surface area contributed by atoms with Gasteiger partial charge in [-0.3, -0.25) is 10.1 Å². The van der Waals surface area contributed by atoms with Crippen molar-refractivity contribution in [2.75, 3.05) is 32.5 Å². The Kier molecular flexibility index (Phi) is 7.36. The molecule has 0 aliphatic heterocycles. The van der Waals surface area contributed by atoms with Gasteiger partial charge in [-0.2, -0.15) is 0 Å². The van der Waals surface area contributed by atoms with Crippen LogP contribution < -0.4 is 5.32 Å². The normalized spacial score (nSPS) is 10.4. The molecule has 0 spiro atoms. The highest BCUT2D eigenvalue weighted by Crippen LogP contribution is 2.36. The number of anilines is 1. The van der Waals surface area contributed by atoms with Crippen LogP contribution in [-0.4, -0.2) is 42.0 Å². The van der Waals surface area contributed by atoms with Crippen LogP contribution in [0.1, 0.15) is 0 Å². The third-order valence-electron chi connectivity index (χ3n) is 3.74. The summed E-state index contributed by atoms with van der Waals surface area (Å²) in [5.41, 5.74) is 2.31. The van der Waals surface area contributed by atoms with Gasteiger partial charge >= 0.3 is 0 Å². The van der Waals surface area contributed by atoms with Crippen LogP contribution in [0.15, 0.2) is 42.5 Å². The van der Waals surface area contributed by atoms with Gasteiger partial charge in [0.2, 0.25) is 0 Å². The number of nitro groups is 1. The molecule has 3 aromatic rings. The smallest absolute Gasteiger partial charge is 0.280 e. The summed E-state index contributed by atoms with van der Waals surface area (Å²) >= 11 is 0. The summed E-state index contributed by atoms with van der Waals surface area (Å²) in [5.74, 6) is 0. The molecule has 0 unspecified atom stereocenters. The molecule has 0 amide bonds. The molecular weight excluding hydrogens is 363 g/mol. The number of hydrogen-bond acceptors (Lipinski definition) is 5. The molecule has 0 fully saturated rings. The highest BCUT2D eigenvalue weighted by Gasteiger charge is 2.18. The van der Waals surface area contributed by atoms with Gasteiger partial charge in [0.15, 0.2) is 0 Å². The summed E-state index contributed by atoms with van der Waals surface area (Å²) in [6.45, 7) is 1.53. The first-order valence-corrected chi connectivity index (χ1v) is 7.42. The fourth-order valence-corrected chi connectivity index (χ4v) is 2.66. The minimum absolute atomic E-state index is 0. The topological polar surface area (TPSA) is 71.3 Å². The van der Waals surface area contributed by atoms with Gasteiger partial charge in [0.1, 0.15) is 5.39 Å². The van der Waals surface area contributed by atoms with Crippen LogP contribution in [0.2, 0.25) is 0 Å². The largest absolute Gasteiger partial charge is 0.382 e. The lowest BCUT2D eigenvalue weighted by Crippen LogP contribution is -2.21. The van der Waals surface area contributed by atoms with E-state index in [1.54, 1.807) is 6.07 Å². The zero-order valence-corrected chi connectivity index (χ0v) is 15.6. The van der Waals surface area contributed by atoms with Crippen molar-refractivity contribution in [3.05, 3.63) is 52.6 Å². The quantitative estimate of drug-likeness (QED) is 0.408. The number of rotatable bonds is 5. The summed E-state index contributed by atoms with van der Waals surface area (Å²) in [5, 5.41) is 16.3. The minimum atomic E-state index is -0.351. The summed E-state index contributed by atoms with van der Waals surface area (Å²) < 4.78 is 0. The van der Waals surface area contributed by atoms with Crippen molar-refractivity contribution >= 4 is 58.0 Å². The first-order valence-electron chi connectivity index (χ1n) is 7.42. The molecule has 0 saturated heterocycles. The number of nitrogens with zero attached hydrogens (tertiary/aromatic N) is 3. The maximum absolute atomic E-state index is 11.4. The predicted molar refractivity (Wildman–Crippen MR) is 107 cm³/mol. The molecule has 6 nitrogen and oxygen atoms in total. The number of halogens is 2. The third kappa shape index (κ3) is 4.28. The average molecular weight is 383 g/mol. The van der Waals surface area contributed by atoms with Crippen LogP contribution in [0.3, 0.4) is 0 Å². The number of nitrogens with one attached hydrogen (secondary N) is 1. The molecule has 134 valence electrons. The Balaban J connectivity index is 0.00000156. The van der Waals surface area contributed by atoms with Gasteiger partial charge < -0.3 is 10.2 Å². The lowest BCUT2D eigenvalue weighted by molar-refractivity contribution is -0.383. The fourth-order valence-electron chi connectivity index (χ4n) is 2.66. The third-order valence-corrected chi connectivity index (χ3v) is 3.74. The summed E-state index contributed by atoms with van der Waals surface area (Å²) in [6, 6.07) is 12.7. The Morgan fingerprint density at radius 3 is 2.44 bits per heavy atom. The second-order valence-electron chi connectivity index (χ2n) is 5.66. The number of benzene rings is 2. The Bertz CT molecular complexity index is 887. The van der Waals surface area contributed by atoms with E-state index in [1.165, 1.54) is 6.07 Å². The van der Waals surface area contributed by atoms with E-state index >= 15 is 0 Å². The highest BCUT2D eigenvalue weighted by atomic mass is 35.5. The number of hydrogen-bond donors (Lipinski definition) is 1. The van der Waals surface area contributed by atoms with Crippen LogP contribution in [0.5, 0.6) is 0 Å². The number of pyridine rings is 1. The van der Waals surface area contributed by atoms with Gasteiger partial charge in [-0.15, -0.1) is 24.8 Å². The molecule has 8 heteroatoms. The monoisotopic (exact) mass is 382 g/mol. The molecular formula is C17H20Cl2N4O2. The second kappa shape index (κ2) is 8.80. The minimum Gasteiger partial charge on any atom is -0.382 e. The molecule has 0 aliphatic rings. The molecule has 1 N–H and O–H groups in total. The Morgan fingerprint density at radius 1 is 1.08 bits per heavy atom. The van der Waals surface area contributed by atoms with Gasteiger partial charge in [0, 0.05) is 24.5 Å². The molecule has 0 radical (unpaired) electrons. The first-order chi connectivity index (χ1) is 11.1. The zero-order valence-electron chi connectivity index (χ0n) is 13.9. The average Bonchev–Trinajstić information content (AvgIpc) is 2.53. The second-order valence-corrected chi connectivity index (χ2v) is 5.66. The van der Waals surface area contributed by atoms with E-state index in [9.17, 15) is 10.1 Å². The van der Waals surface area contributed by atoms with E-state index in [4.69, 9.17) is 0 Å². The van der Waals surface area contributed by atoms with Gasteiger partial charge in [0.25, 0.3) is 5.69 Å². The van der Waals surface area contributed by atoms with E-state index < -0.39 is 0 Å². The van der Waals surface area contributed by atoms with E-state index in [1.807, 2.05) is 44.4 Å². The van der Waals surface area contributed by atoms with Gasteiger partial charge in [-0.05, 0) is 26.2 Å². The van der Waals surface area contributed by atoms with Crippen LogP contribution in [-0.2, 0) is 0 Å². The number of non-ortho nitro benzene ring substituents is 1. The number of para-hydroxylation sites is 1. The first kappa shape index (κ1) is 20.9. The van der Waals surface area contributed by atoms with Crippen molar-refractivity contribution in [2.24, 2.45) is 0 Å². The number of aromatic nitrogens is 1. The standard InChI is InChI=1S/C17H18N4O2.2ClH/c1-20(2)11-10-18-17-12-6-3-4-7-13(12)19-14-8-5-9-15(16(14)17)21(22)23;;/h3-9H,10-11H2,1-2H3,(H,18,19);2*1H. The summed E-state index contributed by atoms with van der Waals surface area (Å²) in [7, 11) is 3.99. The van der Waals surface area contributed by atoms with E-state index in [0.717, 1.165) is 23.1 Å². The zero-order chi connectivity index (χ0) is 16.4. The molecule has 2 aromatic carbocycles. The SMILES string of the molecule is CN(C)CCNc1c2ccccc2nc2cccc([N+](=O)[O-])c12.Cl.Cl. The Labute approximate surface area is 158 Å². The highest BCUT2D eigenvalue weighted by molar-refractivity contribution is 6.11. The number of likely N-dealkylation sites (N-methyl/N-ethyl adjacent to an activating group) is 1. The summed E-state index contributed by atoms with van der Waals surface area (Å²) in [6.07, 6.45) is 0. The Hall–Kier alpha value is -2.15. The van der Waals surface area contributed by atoms with Crippen molar-refractivity contribution in [1.82, 2.24) is 9.88 Å². The van der Waals surface area contributed by atoms with Crippen molar-refractivity contribution < 1.29 is 4.92 Å². The number of nitro benzene ring substituents is 1. The molecule has 3 rings (SSSR count). The molecule has 0 saturated carbocycles. The predicted octanol–water partition coefficient (Wildman–Crippen LogP) is 4.11. The van der Waals surface area contributed by atoms with E-state index in [0.29, 0.717) is 17.4 Å².